The molecule has 56 heavy (non-hydrogen) atoms. The van der Waals surface area contributed by atoms with Crippen molar-refractivity contribution in [1.29, 1.82) is 0 Å². The lowest BCUT2D eigenvalue weighted by Crippen LogP contribution is -2.35. The minimum Gasteiger partial charge on any atom is -0.326 e. The number of fused-ring (bicyclic) bond motifs is 4. The van der Waals surface area contributed by atoms with Crippen LogP contribution in [-0.4, -0.2) is 46.3 Å². The predicted molar refractivity (Wildman–Crippen MR) is 231 cm³/mol. The fourth-order valence-corrected chi connectivity index (χ4v) is 10.0. The molecule has 1 N–H and O–H groups in total. The molecule has 0 unspecified atom stereocenters. The lowest BCUT2D eigenvalue weighted by molar-refractivity contribution is -0.670. The van der Waals surface area contributed by atoms with Crippen LogP contribution in [0.2, 0.25) is 0 Å². The van der Waals surface area contributed by atoms with Crippen molar-refractivity contribution in [3.05, 3.63) is 139 Å². The van der Waals surface area contributed by atoms with Gasteiger partial charge in [-0.3, -0.25) is 4.55 Å². The van der Waals surface area contributed by atoms with Gasteiger partial charge in [0.1, 0.15) is 21.5 Å². The van der Waals surface area contributed by atoms with E-state index in [1.165, 1.54) is 4.70 Å². The smallest absolute Gasteiger partial charge is 0.287 e. The van der Waals surface area contributed by atoms with Crippen LogP contribution in [0.3, 0.4) is 0 Å². The van der Waals surface area contributed by atoms with Crippen molar-refractivity contribution < 1.29 is 17.5 Å². The van der Waals surface area contributed by atoms with E-state index in [-0.39, 0.29) is 12.2 Å². The molecule has 5 aromatic carbocycles. The van der Waals surface area contributed by atoms with Crippen LogP contribution in [0.5, 0.6) is 0 Å². The third-order valence-electron chi connectivity index (χ3n) is 10.1. The van der Waals surface area contributed by atoms with Crippen LogP contribution in [0.1, 0.15) is 26.1 Å². The summed E-state index contributed by atoms with van der Waals surface area (Å²) in [4.78, 5) is 14.3. The van der Waals surface area contributed by atoms with E-state index < -0.39 is 10.1 Å². The highest BCUT2D eigenvalue weighted by atomic mass is 32.2. The van der Waals surface area contributed by atoms with Crippen molar-refractivity contribution in [3.63, 3.8) is 0 Å². The molecule has 0 bridgehead atoms. The van der Waals surface area contributed by atoms with Gasteiger partial charge >= 0.3 is 0 Å². The van der Waals surface area contributed by atoms with Gasteiger partial charge in [-0.25, -0.2) is 14.5 Å². The quantitative estimate of drug-likeness (QED) is 0.103. The molecule has 0 amide bonds. The molecule has 12 heteroatoms. The third-order valence-corrected chi connectivity index (χ3v) is 13.1. The summed E-state index contributed by atoms with van der Waals surface area (Å²) in [6.45, 7) is 6.14. The van der Waals surface area contributed by atoms with E-state index in [2.05, 4.69) is 136 Å². The Bertz CT molecular complexity index is 2860. The summed E-state index contributed by atoms with van der Waals surface area (Å²) in [7, 11) is -4.12. The SMILES string of the molecule is CCN1/C(=C\C=C\c2n(-c3ccccc3)c3ccc(-c4nc5ccccc5s4)cc3[n+]2CC)N(CCCS(=O)(=O)O)c2cc(-c3nc4ccccc4s3)ccc21. The Labute approximate surface area is 333 Å². The van der Waals surface area contributed by atoms with Gasteiger partial charge in [0.25, 0.3) is 15.9 Å². The summed E-state index contributed by atoms with van der Waals surface area (Å²) in [5.41, 5.74) is 9.31. The van der Waals surface area contributed by atoms with Crippen LogP contribution in [0.4, 0.5) is 11.4 Å². The minimum atomic E-state index is -4.12. The Hall–Kier alpha value is -5.66. The summed E-state index contributed by atoms with van der Waals surface area (Å²) in [6.07, 6.45) is 6.61. The molecular formula is C44H39N6O3S3+. The molecule has 0 radical (unpaired) electrons. The van der Waals surface area contributed by atoms with E-state index in [0.29, 0.717) is 13.1 Å². The maximum absolute atomic E-state index is 11.8. The number of benzene rings is 5. The molecule has 280 valence electrons. The number of nitrogens with zero attached hydrogens (tertiary/aromatic N) is 6. The van der Waals surface area contributed by atoms with Crippen LogP contribution in [0, 0.1) is 0 Å². The van der Waals surface area contributed by atoms with Gasteiger partial charge in [-0.15, -0.1) is 22.7 Å². The highest BCUT2D eigenvalue weighted by Crippen LogP contribution is 2.45. The lowest BCUT2D eigenvalue weighted by Gasteiger charge is -2.24. The number of para-hydroxylation sites is 3. The molecule has 3 aromatic heterocycles. The van der Waals surface area contributed by atoms with Crippen molar-refractivity contribution >= 4 is 81.7 Å². The number of aromatic nitrogens is 4. The maximum atomic E-state index is 11.8. The number of anilines is 2. The van der Waals surface area contributed by atoms with Crippen LogP contribution in [0.15, 0.2) is 133 Å². The van der Waals surface area contributed by atoms with Crippen LogP contribution in [-0.2, 0) is 16.7 Å². The van der Waals surface area contributed by atoms with Crippen molar-refractivity contribution in [2.75, 3.05) is 28.6 Å². The first-order valence-electron chi connectivity index (χ1n) is 18.7. The molecule has 9 rings (SSSR count). The van der Waals surface area contributed by atoms with Crippen LogP contribution >= 0.6 is 22.7 Å². The van der Waals surface area contributed by atoms with Crippen molar-refractivity contribution in [3.8, 4) is 26.8 Å². The Balaban J connectivity index is 1.14. The molecule has 0 saturated carbocycles. The molecule has 0 saturated heterocycles. The molecule has 0 spiro atoms. The molecular weight excluding hydrogens is 757 g/mol. The normalized spacial score (nSPS) is 14.0. The van der Waals surface area contributed by atoms with Crippen LogP contribution in [0.25, 0.3) is 64.4 Å². The van der Waals surface area contributed by atoms with Gasteiger partial charge < -0.3 is 9.80 Å². The summed E-state index contributed by atoms with van der Waals surface area (Å²) < 4.78 is 40.2. The Kier molecular flexibility index (Phi) is 9.50. The topological polar surface area (TPSA) is 95.4 Å². The summed E-state index contributed by atoms with van der Waals surface area (Å²) >= 11 is 3.36. The van der Waals surface area contributed by atoms with Crippen LogP contribution < -0.4 is 14.4 Å². The second kappa shape index (κ2) is 14.8. The van der Waals surface area contributed by atoms with Gasteiger partial charge in [0.15, 0.2) is 11.0 Å². The van der Waals surface area contributed by atoms with Crippen molar-refractivity contribution in [2.24, 2.45) is 0 Å². The van der Waals surface area contributed by atoms with E-state index >= 15 is 0 Å². The minimum absolute atomic E-state index is 0.261. The summed E-state index contributed by atoms with van der Waals surface area (Å²) in [5, 5.41) is 1.92. The van der Waals surface area contributed by atoms with Gasteiger partial charge in [-0.2, -0.15) is 13.0 Å². The van der Waals surface area contributed by atoms with E-state index in [1.54, 1.807) is 22.7 Å². The fraction of sp³-hybridized carbons (Fsp3) is 0.159. The average molecular weight is 796 g/mol. The van der Waals surface area contributed by atoms with E-state index in [1.807, 2.05) is 30.3 Å². The predicted octanol–water partition coefficient (Wildman–Crippen LogP) is 9.97. The van der Waals surface area contributed by atoms with Crippen molar-refractivity contribution in [2.45, 2.75) is 26.8 Å². The standard InChI is InChI=1S/C44H38N6O3S3/c1-3-47-35-24-22-30(43-45-33-16-8-10-18-39(33)54-43)28-37(35)49(26-13-27-56(51,52)53)41(47)20-12-21-42-48(4-2)38-29-31(44-46-34-17-9-11-19-40(34)55-44)23-25-36(38)50(42)32-14-6-5-7-15-32/h5-12,14-25,28-29H,3-4,13,26-27H2,1-2H3/p+1. The lowest BCUT2D eigenvalue weighted by atomic mass is 10.1. The zero-order chi connectivity index (χ0) is 38.4. The molecule has 9 nitrogen and oxygen atoms in total. The second-order valence-corrected chi connectivity index (χ2v) is 17.2. The third kappa shape index (κ3) is 6.68. The molecule has 4 heterocycles. The maximum Gasteiger partial charge on any atom is 0.287 e. The number of hydrogen-bond donors (Lipinski definition) is 1. The van der Waals surface area contributed by atoms with Gasteiger partial charge in [0.2, 0.25) is 0 Å². The molecule has 8 aromatic rings. The molecule has 0 aliphatic carbocycles. The Morgan fingerprint density at radius 3 is 2.04 bits per heavy atom. The van der Waals surface area contributed by atoms with E-state index in [4.69, 9.17) is 9.97 Å². The Morgan fingerprint density at radius 2 is 1.39 bits per heavy atom. The molecule has 0 fully saturated rings. The molecule has 1 aliphatic heterocycles. The molecule has 0 atom stereocenters. The number of allylic oxidation sites excluding steroid dienone is 2. The van der Waals surface area contributed by atoms with Gasteiger partial charge in [-0.1, -0.05) is 48.5 Å². The highest BCUT2D eigenvalue weighted by molar-refractivity contribution is 7.85. The van der Waals surface area contributed by atoms with Gasteiger partial charge in [0.05, 0.1) is 44.1 Å². The second-order valence-electron chi connectivity index (χ2n) is 13.6. The first-order valence-corrected chi connectivity index (χ1v) is 21.9. The average Bonchev–Trinajstić information content (AvgIpc) is 3.98. The first kappa shape index (κ1) is 36.0. The monoisotopic (exact) mass is 795 g/mol. The summed E-state index contributed by atoms with van der Waals surface area (Å²) in [5.74, 6) is 1.62. The van der Waals surface area contributed by atoms with E-state index in [0.717, 1.165) is 83.2 Å². The number of thiazole rings is 2. The number of rotatable bonds is 11. The van der Waals surface area contributed by atoms with Crippen molar-refractivity contribution in [1.82, 2.24) is 14.5 Å². The number of aryl methyl sites for hydroxylation is 1. The fourth-order valence-electron chi connectivity index (χ4n) is 7.63. The van der Waals surface area contributed by atoms with Gasteiger partial charge in [0, 0.05) is 30.3 Å². The first-order chi connectivity index (χ1) is 27.3. The largest absolute Gasteiger partial charge is 0.326 e. The zero-order valence-electron chi connectivity index (χ0n) is 30.9. The summed E-state index contributed by atoms with van der Waals surface area (Å²) in [6, 6.07) is 39.8. The molecule has 1 aliphatic rings. The highest BCUT2D eigenvalue weighted by Gasteiger charge is 2.31. The van der Waals surface area contributed by atoms with Gasteiger partial charge in [-0.05, 0) is 99.1 Å². The van der Waals surface area contributed by atoms with E-state index in [9.17, 15) is 13.0 Å². The number of imidazole rings is 1. The number of hydrogen-bond acceptors (Lipinski definition) is 8. The zero-order valence-corrected chi connectivity index (χ0v) is 33.4. The Morgan fingerprint density at radius 1 is 0.750 bits per heavy atom.